The number of rotatable bonds is 9. The quantitative estimate of drug-likeness (QED) is 0.261. The van der Waals surface area contributed by atoms with Gasteiger partial charge in [0.2, 0.25) is 5.78 Å². The van der Waals surface area contributed by atoms with Crippen molar-refractivity contribution in [1.82, 2.24) is 0 Å². The summed E-state index contributed by atoms with van der Waals surface area (Å²) in [5.41, 5.74) is -7.33. The molecule has 0 fully saturated rings. The second kappa shape index (κ2) is 7.36. The molecule has 0 amide bonds. The first kappa shape index (κ1) is 22.1. The molecular weight excluding hydrogens is 328 g/mol. The third-order valence-corrected chi connectivity index (χ3v) is 3.79. The van der Waals surface area contributed by atoms with Crippen molar-refractivity contribution in [3.05, 3.63) is 0 Å². The Hall–Kier alpha value is -1.85. The largest absolute Gasteiger partial charge is 0.386 e. The van der Waals surface area contributed by atoms with Crippen LogP contribution in [0, 0.1) is 0 Å². The maximum Gasteiger partial charge on any atom is 0.230 e. The molecule has 136 valence electrons. The lowest BCUT2D eigenvalue weighted by molar-refractivity contribution is -0.234. The summed E-state index contributed by atoms with van der Waals surface area (Å²) in [6.07, 6.45) is -8.12. The monoisotopic (exact) mass is 348 g/mol. The summed E-state index contributed by atoms with van der Waals surface area (Å²) in [4.78, 5) is 57.6. The van der Waals surface area contributed by atoms with Crippen molar-refractivity contribution < 1.29 is 49.5 Å². The van der Waals surface area contributed by atoms with Gasteiger partial charge in [0.05, 0.1) is 0 Å². The maximum atomic E-state index is 11.8. The minimum Gasteiger partial charge on any atom is -0.386 e. The van der Waals surface area contributed by atoms with Gasteiger partial charge in [-0.3, -0.25) is 24.0 Å². The summed E-state index contributed by atoms with van der Waals surface area (Å²) in [6, 6.07) is 0. The Kier molecular flexibility index (Phi) is 6.80. The number of hydrogen-bond acceptors (Lipinski definition) is 10. The molecule has 0 aromatic rings. The van der Waals surface area contributed by atoms with Crippen LogP contribution in [-0.4, -0.2) is 84.0 Å². The summed E-state index contributed by atoms with van der Waals surface area (Å²) < 4.78 is 0. The standard InChI is InChI=1S/C14H20O10/c1-5(15)9(19)11(21)13(23,7(3)17)14(24,8(4)18)12(22)10(20)6(2)16/h9,11-12,19,21-24H,1-4H3. The average molecular weight is 348 g/mol. The van der Waals surface area contributed by atoms with E-state index in [1.54, 1.807) is 0 Å². The van der Waals surface area contributed by atoms with Gasteiger partial charge in [-0.1, -0.05) is 0 Å². The van der Waals surface area contributed by atoms with Crippen LogP contribution in [0.15, 0.2) is 0 Å². The van der Waals surface area contributed by atoms with Gasteiger partial charge in [0.1, 0.15) is 12.2 Å². The van der Waals surface area contributed by atoms with Gasteiger partial charge in [-0.2, -0.15) is 0 Å². The van der Waals surface area contributed by atoms with E-state index in [1.807, 2.05) is 0 Å². The molecule has 5 N–H and O–H groups in total. The molecule has 10 nitrogen and oxygen atoms in total. The van der Waals surface area contributed by atoms with E-state index < -0.39 is 58.4 Å². The number of Topliss-reactive ketones (excluding diaryl/α,β-unsaturated/α-hetero) is 5. The summed E-state index contributed by atoms with van der Waals surface area (Å²) in [7, 11) is 0. The van der Waals surface area contributed by atoms with Gasteiger partial charge < -0.3 is 25.5 Å². The predicted molar refractivity (Wildman–Crippen MR) is 75.7 cm³/mol. The Labute approximate surface area is 136 Å². The van der Waals surface area contributed by atoms with Crippen LogP contribution in [0.5, 0.6) is 0 Å². The molecule has 0 saturated carbocycles. The molecule has 0 bridgehead atoms. The molecule has 0 aliphatic carbocycles. The van der Waals surface area contributed by atoms with Crippen molar-refractivity contribution in [3.8, 4) is 0 Å². The fraction of sp³-hybridized carbons (Fsp3) is 0.643. The third kappa shape index (κ3) is 3.32. The minimum absolute atomic E-state index is 0.567. The van der Waals surface area contributed by atoms with Crippen LogP contribution in [-0.2, 0) is 24.0 Å². The highest BCUT2D eigenvalue weighted by Crippen LogP contribution is 2.34. The number of aliphatic hydroxyl groups is 5. The fourth-order valence-electron chi connectivity index (χ4n) is 2.20. The van der Waals surface area contributed by atoms with Crippen LogP contribution in [0.2, 0.25) is 0 Å². The summed E-state index contributed by atoms with van der Waals surface area (Å²) in [5.74, 6) is -7.27. The second-order valence-corrected chi connectivity index (χ2v) is 5.47. The van der Waals surface area contributed by atoms with E-state index in [9.17, 15) is 49.5 Å². The van der Waals surface area contributed by atoms with Crippen LogP contribution in [0.3, 0.4) is 0 Å². The Morgan fingerprint density at radius 1 is 0.750 bits per heavy atom. The van der Waals surface area contributed by atoms with Crippen LogP contribution in [0.1, 0.15) is 27.7 Å². The van der Waals surface area contributed by atoms with Gasteiger partial charge in [0, 0.05) is 6.92 Å². The van der Waals surface area contributed by atoms with Gasteiger partial charge in [0.15, 0.2) is 40.4 Å². The lowest BCUT2D eigenvalue weighted by Gasteiger charge is -2.45. The summed E-state index contributed by atoms with van der Waals surface area (Å²) >= 11 is 0. The van der Waals surface area contributed by atoms with Crippen molar-refractivity contribution in [1.29, 1.82) is 0 Å². The highest BCUT2D eigenvalue weighted by molar-refractivity contribution is 6.39. The number of hydrogen-bond donors (Lipinski definition) is 5. The topological polar surface area (TPSA) is 186 Å². The minimum atomic E-state index is -3.68. The zero-order chi connectivity index (χ0) is 19.6. The van der Waals surface area contributed by atoms with Gasteiger partial charge in [-0.05, 0) is 20.8 Å². The lowest BCUT2D eigenvalue weighted by Crippen LogP contribution is -2.76. The molecule has 0 radical (unpaired) electrons. The average Bonchev–Trinajstić information content (AvgIpc) is 2.49. The van der Waals surface area contributed by atoms with Crippen molar-refractivity contribution >= 4 is 28.9 Å². The van der Waals surface area contributed by atoms with E-state index in [-0.39, 0.29) is 0 Å². The second-order valence-electron chi connectivity index (χ2n) is 5.47. The summed E-state index contributed by atoms with van der Waals surface area (Å²) in [6.45, 7) is 2.62. The molecule has 24 heavy (non-hydrogen) atoms. The van der Waals surface area contributed by atoms with Crippen LogP contribution >= 0.6 is 0 Å². The van der Waals surface area contributed by atoms with E-state index in [0.717, 1.165) is 6.92 Å². The number of carbonyl (C=O) groups is 5. The number of carbonyl (C=O) groups excluding carboxylic acids is 5. The lowest BCUT2D eigenvalue weighted by atomic mass is 9.68. The molecule has 0 aliphatic heterocycles. The van der Waals surface area contributed by atoms with E-state index >= 15 is 0 Å². The van der Waals surface area contributed by atoms with E-state index in [1.165, 1.54) is 0 Å². The molecule has 10 heteroatoms. The fourth-order valence-corrected chi connectivity index (χ4v) is 2.20. The first-order valence-corrected chi connectivity index (χ1v) is 6.73. The summed E-state index contributed by atoms with van der Waals surface area (Å²) in [5, 5.41) is 50.4. The zero-order valence-corrected chi connectivity index (χ0v) is 13.5. The van der Waals surface area contributed by atoms with E-state index in [0.29, 0.717) is 20.8 Å². The van der Waals surface area contributed by atoms with Crippen molar-refractivity contribution in [2.75, 3.05) is 0 Å². The van der Waals surface area contributed by atoms with E-state index in [2.05, 4.69) is 0 Å². The first-order chi connectivity index (χ1) is 10.7. The number of aliphatic hydroxyl groups excluding tert-OH is 3. The van der Waals surface area contributed by atoms with Gasteiger partial charge >= 0.3 is 0 Å². The third-order valence-electron chi connectivity index (χ3n) is 3.79. The number of ketones is 5. The van der Waals surface area contributed by atoms with Crippen LogP contribution in [0.4, 0.5) is 0 Å². The van der Waals surface area contributed by atoms with Crippen LogP contribution < -0.4 is 0 Å². The van der Waals surface area contributed by atoms with E-state index in [4.69, 9.17) is 0 Å². The molecular formula is C14H20O10. The van der Waals surface area contributed by atoms with Crippen molar-refractivity contribution in [2.45, 2.75) is 57.2 Å². The molecule has 0 saturated heterocycles. The molecule has 0 rings (SSSR count). The van der Waals surface area contributed by atoms with Gasteiger partial charge in [0.25, 0.3) is 0 Å². The first-order valence-electron chi connectivity index (χ1n) is 6.73. The molecule has 5 atom stereocenters. The molecule has 0 heterocycles. The molecule has 0 aliphatic rings. The Morgan fingerprint density at radius 2 is 1.12 bits per heavy atom. The predicted octanol–water partition coefficient (Wildman–Crippen LogP) is -3.54. The molecule has 5 unspecified atom stereocenters. The molecule has 0 spiro atoms. The molecule has 0 aromatic carbocycles. The van der Waals surface area contributed by atoms with Crippen LogP contribution in [0.25, 0.3) is 0 Å². The van der Waals surface area contributed by atoms with Gasteiger partial charge in [-0.15, -0.1) is 0 Å². The van der Waals surface area contributed by atoms with Crippen molar-refractivity contribution in [3.63, 3.8) is 0 Å². The van der Waals surface area contributed by atoms with Gasteiger partial charge in [-0.25, -0.2) is 0 Å². The zero-order valence-electron chi connectivity index (χ0n) is 13.5. The SMILES string of the molecule is CC(=O)C(=O)C(O)C(O)(C(C)=O)C(O)(C(C)=O)C(O)C(O)C(C)=O. The van der Waals surface area contributed by atoms with Crippen molar-refractivity contribution in [2.24, 2.45) is 0 Å². The Morgan fingerprint density at radius 3 is 1.38 bits per heavy atom. The Balaban J connectivity index is 6.54. The Bertz CT molecular complexity index is 582. The molecule has 0 aromatic heterocycles. The highest BCUT2D eigenvalue weighted by atomic mass is 16.4. The maximum absolute atomic E-state index is 11.8. The highest BCUT2D eigenvalue weighted by Gasteiger charge is 2.67. The smallest absolute Gasteiger partial charge is 0.230 e. The normalized spacial score (nSPS) is 20.0.